The molecule has 6 fully saturated rings. The Balaban J connectivity index is 1.04. The van der Waals surface area contributed by atoms with Crippen molar-refractivity contribution in [3.63, 3.8) is 0 Å². The van der Waals surface area contributed by atoms with Gasteiger partial charge in [0.15, 0.2) is 0 Å². The lowest BCUT2D eigenvalue weighted by Gasteiger charge is -2.33. The van der Waals surface area contributed by atoms with E-state index < -0.39 is 123 Å². The van der Waals surface area contributed by atoms with Gasteiger partial charge in [-0.05, 0) is 84.1 Å². The third kappa shape index (κ3) is 8.55. The van der Waals surface area contributed by atoms with Crippen LogP contribution in [-0.2, 0) is 38.4 Å². The van der Waals surface area contributed by atoms with Gasteiger partial charge in [-0.2, -0.15) is 0 Å². The van der Waals surface area contributed by atoms with Gasteiger partial charge in [0.05, 0.1) is 25.7 Å². The first-order valence-corrected chi connectivity index (χ1v) is 18.7. The molecule has 11 atom stereocenters. The lowest BCUT2D eigenvalue weighted by molar-refractivity contribution is -0.150. The van der Waals surface area contributed by atoms with Crippen molar-refractivity contribution in [3.05, 3.63) is 0 Å². The van der Waals surface area contributed by atoms with E-state index in [1.807, 2.05) is 0 Å². The molecule has 0 spiro atoms. The molecule has 19 heteroatoms. The first-order chi connectivity index (χ1) is 28.9. The molecule has 302 valence electrons. The van der Waals surface area contributed by atoms with Gasteiger partial charge in [-0.25, -0.2) is 14.8 Å². The molecule has 0 aliphatic carbocycles. The minimum atomic E-state index is -1.23. The van der Waals surface area contributed by atoms with Crippen LogP contribution in [0, 0.1) is 0 Å². The summed E-state index contributed by atoms with van der Waals surface area (Å²) in [5, 5.41) is 9.27. The van der Waals surface area contributed by atoms with Gasteiger partial charge in [-0.3, -0.25) is 38.5 Å². The van der Waals surface area contributed by atoms with Gasteiger partial charge in [-0.15, -0.1) is 0 Å². The van der Waals surface area contributed by atoms with Crippen molar-refractivity contribution in [1.82, 2.24) is 50.5 Å². The number of hydrogen-bond acceptors (Lipinski definition) is 10. The Kier molecular flexibility index (Phi) is 10.5. The highest BCUT2D eigenvalue weighted by atomic mass is 16.2. The van der Waals surface area contributed by atoms with Crippen LogP contribution in [0.15, 0.2) is 0 Å². The van der Waals surface area contributed by atoms with E-state index >= 15 is 0 Å². The van der Waals surface area contributed by atoms with Gasteiger partial charge in [0.1, 0.15) is 30.5 Å². The SMILES string of the molecule is [3H]C1CC(C(=O)N2CC([3H])CC2C(=O)NCC(=O)N2CC([3H])CC2C(=O)N2CC([3H])CN2C(=O)NCC(=O)N2CC([3H])CC2C(=O)N2CC([3H])CC2C(=O)NCC=O)N(C)C1. The molecular weight excluding hydrogens is 716 g/mol. The number of aldehydes is 1. The Labute approximate surface area is 328 Å². The number of likely N-dealkylation sites (N-methyl/N-ethyl adjacent to an activating group) is 1. The fourth-order valence-corrected chi connectivity index (χ4v) is 7.98. The first-order valence-electron chi connectivity index (χ1n) is 22.1. The minimum Gasteiger partial charge on any atom is -0.348 e. The number of nitrogens with one attached hydrogen (secondary N) is 3. The van der Waals surface area contributed by atoms with E-state index in [1.165, 1.54) is 9.80 Å². The molecule has 0 bridgehead atoms. The summed E-state index contributed by atoms with van der Waals surface area (Å²) in [6.45, 7) is -1.99. The van der Waals surface area contributed by atoms with Crippen LogP contribution in [0.3, 0.4) is 0 Å². The predicted octanol–water partition coefficient (Wildman–Crippen LogP) is -2.37. The predicted molar refractivity (Wildman–Crippen MR) is 193 cm³/mol. The molecule has 19 nitrogen and oxygen atoms in total. The second-order valence-corrected chi connectivity index (χ2v) is 14.3. The molecule has 6 saturated heterocycles. The molecule has 55 heavy (non-hydrogen) atoms. The summed E-state index contributed by atoms with van der Waals surface area (Å²) in [7, 11) is 1.72. The molecule has 0 aromatic heterocycles. The van der Waals surface area contributed by atoms with Crippen LogP contribution < -0.4 is 16.0 Å². The van der Waals surface area contributed by atoms with Gasteiger partial charge >= 0.3 is 6.03 Å². The molecule has 11 unspecified atom stereocenters. The van der Waals surface area contributed by atoms with Crippen LogP contribution in [0.25, 0.3) is 0 Å². The van der Waals surface area contributed by atoms with Crippen molar-refractivity contribution in [3.8, 4) is 0 Å². The van der Waals surface area contributed by atoms with Crippen LogP contribution in [0.1, 0.15) is 78.7 Å². The smallest absolute Gasteiger partial charge is 0.336 e. The van der Waals surface area contributed by atoms with E-state index in [2.05, 4.69) is 16.0 Å². The van der Waals surface area contributed by atoms with Crippen molar-refractivity contribution in [2.75, 3.05) is 72.5 Å². The number of carbonyl (C=O) groups is 9. The van der Waals surface area contributed by atoms with E-state index in [4.69, 9.17) is 8.22 Å². The zero-order valence-electron chi connectivity index (χ0n) is 36.8. The summed E-state index contributed by atoms with van der Waals surface area (Å²) in [5.74, 6) is -4.44. The van der Waals surface area contributed by atoms with Crippen molar-refractivity contribution in [2.45, 2.75) is 101 Å². The number of likely N-dealkylation sites (tertiary alicyclic amines) is 5. The Morgan fingerprint density at radius 3 is 1.55 bits per heavy atom. The van der Waals surface area contributed by atoms with Gasteiger partial charge in [0, 0.05) is 47.5 Å². The monoisotopic (exact) mass is 782 g/mol. The fraction of sp³-hybridized carbons (Fsp3) is 0.750. The van der Waals surface area contributed by atoms with Crippen molar-refractivity contribution < 1.29 is 51.4 Å². The van der Waals surface area contributed by atoms with Crippen LogP contribution in [0.5, 0.6) is 0 Å². The Hall–Kier alpha value is -4.81. The summed E-state index contributed by atoms with van der Waals surface area (Å²) < 4.78 is 49.5. The van der Waals surface area contributed by atoms with Gasteiger partial charge in [0.2, 0.25) is 35.4 Å². The largest absolute Gasteiger partial charge is 0.348 e. The number of nitrogens with zero attached hydrogens (tertiary/aromatic N) is 7. The van der Waals surface area contributed by atoms with Crippen molar-refractivity contribution >= 4 is 53.7 Å². The maximum Gasteiger partial charge on any atom is 0.336 e. The average Bonchev–Trinajstić information content (AvgIpc) is 4.08. The topological polar surface area (TPSA) is 212 Å². The molecule has 9 amide bonds. The van der Waals surface area contributed by atoms with Gasteiger partial charge < -0.3 is 40.3 Å². The molecule has 6 aliphatic heterocycles. The second kappa shape index (κ2) is 17.8. The van der Waals surface area contributed by atoms with Crippen LogP contribution in [0.2, 0.25) is 0 Å². The zero-order chi connectivity index (χ0) is 44.4. The molecule has 0 aromatic carbocycles. The summed E-state index contributed by atoms with van der Waals surface area (Å²) >= 11 is 0. The summed E-state index contributed by atoms with van der Waals surface area (Å²) in [6, 6.07) is -5.95. The van der Waals surface area contributed by atoms with Crippen molar-refractivity contribution in [2.24, 2.45) is 0 Å². The normalized spacial score (nSPS) is 36.4. The Morgan fingerprint density at radius 2 is 0.982 bits per heavy atom. The quantitative estimate of drug-likeness (QED) is 0.190. The fourth-order valence-electron chi connectivity index (χ4n) is 7.98. The van der Waals surface area contributed by atoms with E-state index in [1.54, 1.807) is 11.9 Å². The summed E-state index contributed by atoms with van der Waals surface area (Å²) in [5.41, 5.74) is 0. The second-order valence-electron chi connectivity index (χ2n) is 14.3. The highest BCUT2D eigenvalue weighted by molar-refractivity contribution is 5.96. The third-order valence-electron chi connectivity index (χ3n) is 10.9. The van der Waals surface area contributed by atoms with Crippen LogP contribution in [0.4, 0.5) is 4.79 Å². The van der Waals surface area contributed by atoms with E-state index in [-0.39, 0.29) is 77.4 Å². The van der Waals surface area contributed by atoms with Crippen LogP contribution >= 0.6 is 0 Å². The lowest BCUT2D eigenvalue weighted by atomic mass is 10.1. The lowest BCUT2D eigenvalue weighted by Crippen LogP contribution is -2.57. The van der Waals surface area contributed by atoms with Gasteiger partial charge in [-0.1, -0.05) is 0 Å². The number of rotatable bonds is 11. The number of hydrogen-bond donors (Lipinski definition) is 3. The van der Waals surface area contributed by atoms with E-state index in [9.17, 15) is 43.2 Å². The molecule has 0 aromatic rings. The van der Waals surface area contributed by atoms with Gasteiger partial charge in [0.25, 0.3) is 5.91 Å². The molecule has 6 rings (SSSR count). The summed E-state index contributed by atoms with van der Waals surface area (Å²) in [6.07, 6.45) is -3.96. The number of carbonyl (C=O) groups excluding carboxylic acids is 9. The maximum absolute atomic E-state index is 14.0. The molecule has 0 saturated carbocycles. The van der Waals surface area contributed by atoms with Crippen molar-refractivity contribution in [1.29, 1.82) is 0 Å². The average molecular weight is 783 g/mol. The molecule has 0 radical (unpaired) electrons. The Bertz CT molecular complexity index is 1770. The first kappa shape index (κ1) is 32.4. The van der Waals surface area contributed by atoms with E-state index in [0.29, 0.717) is 19.3 Å². The number of amides is 9. The maximum atomic E-state index is 14.0. The number of hydrazine groups is 1. The molecule has 6 heterocycles. The summed E-state index contributed by atoms with van der Waals surface area (Å²) in [4.78, 5) is 125. The number of urea groups is 1. The van der Waals surface area contributed by atoms with E-state index in [0.717, 1.165) is 19.8 Å². The standard InChI is InChI=1S/C36H54N10O9/c1-40-14-2-10-26(40)33(52)43-17-4-9-25(43)32(51)38-22-29(48)42-16-6-12-28(42)35(54)45-19-7-20-46(45)36(55)39-23-30(49)41-15-5-11-27(41)34(53)44-18-3-8-24(44)31(50)37-13-21-47/h21,24-28H,2-20,22-23H2,1H3,(H,37,50)(H,38,51)(H,39,55)/i2T,3T,4T,5T,6T,7T. The molecule has 3 N–H and O–H groups in total. The minimum absolute atomic E-state index is 0.0229. The molecular formula is C36H54N10O9. The third-order valence-corrected chi connectivity index (χ3v) is 10.9. The highest BCUT2D eigenvalue weighted by Crippen LogP contribution is 2.27. The molecule has 6 aliphatic rings. The van der Waals surface area contributed by atoms with Crippen LogP contribution in [-0.4, -0.2) is 191 Å². The Morgan fingerprint density at radius 1 is 0.527 bits per heavy atom. The zero-order valence-corrected chi connectivity index (χ0v) is 30.8. The highest BCUT2D eigenvalue weighted by Gasteiger charge is 2.44.